The molecule has 0 saturated heterocycles. The molecular weight excluding hydrogens is 304 g/mol. The van der Waals surface area contributed by atoms with Crippen LogP contribution in [0.2, 0.25) is 0 Å². The Labute approximate surface area is 142 Å². The van der Waals surface area contributed by atoms with Gasteiger partial charge in [0.25, 0.3) is 5.91 Å². The van der Waals surface area contributed by atoms with Gasteiger partial charge in [0.15, 0.2) is 0 Å². The Morgan fingerprint density at radius 3 is 2.67 bits per heavy atom. The van der Waals surface area contributed by atoms with Gasteiger partial charge in [0.2, 0.25) is 0 Å². The second-order valence-corrected chi connectivity index (χ2v) is 6.05. The van der Waals surface area contributed by atoms with Gasteiger partial charge < -0.3 is 15.2 Å². The Morgan fingerprint density at radius 2 is 2.00 bits per heavy atom. The molecule has 1 aromatic carbocycles. The van der Waals surface area contributed by atoms with Gasteiger partial charge >= 0.3 is 0 Å². The first kappa shape index (κ1) is 17.9. The minimum Gasteiger partial charge on any atom is -0.491 e. The van der Waals surface area contributed by atoms with E-state index in [0.29, 0.717) is 22.6 Å². The van der Waals surface area contributed by atoms with E-state index < -0.39 is 6.10 Å². The van der Waals surface area contributed by atoms with Crippen molar-refractivity contribution in [2.24, 2.45) is 0 Å². The number of aromatic nitrogens is 1. The molecule has 2 rings (SSSR count). The Hall–Kier alpha value is -2.40. The van der Waals surface area contributed by atoms with Crippen molar-refractivity contribution in [1.29, 1.82) is 0 Å². The predicted molar refractivity (Wildman–Crippen MR) is 93.2 cm³/mol. The van der Waals surface area contributed by atoms with Gasteiger partial charge in [-0.15, -0.1) is 0 Å². The standard InChI is InChI=1S/C19H24N2O3/c1-12(2)24-16-7-5-6-15(10-16)18(22)11-20-19(23)17-9-8-13(3)21-14(17)4/h5-10,12,18,22H,11H2,1-4H3,(H,20,23). The average Bonchev–Trinajstić information content (AvgIpc) is 2.52. The van der Waals surface area contributed by atoms with Crippen molar-refractivity contribution in [3.8, 4) is 5.75 Å². The summed E-state index contributed by atoms with van der Waals surface area (Å²) in [4.78, 5) is 16.5. The quantitative estimate of drug-likeness (QED) is 0.855. The summed E-state index contributed by atoms with van der Waals surface area (Å²) in [6.45, 7) is 7.69. The van der Waals surface area contributed by atoms with Crippen LogP contribution in [-0.2, 0) is 0 Å². The highest BCUT2D eigenvalue weighted by molar-refractivity contribution is 5.95. The first-order valence-corrected chi connectivity index (χ1v) is 8.04. The number of ether oxygens (including phenoxy) is 1. The third-order valence-electron chi connectivity index (χ3n) is 3.54. The summed E-state index contributed by atoms with van der Waals surface area (Å²) in [6.07, 6.45) is -0.738. The van der Waals surface area contributed by atoms with Gasteiger partial charge in [0.1, 0.15) is 5.75 Å². The fourth-order valence-electron chi connectivity index (χ4n) is 2.40. The second kappa shape index (κ2) is 7.93. The van der Waals surface area contributed by atoms with Crippen LogP contribution >= 0.6 is 0 Å². The zero-order valence-corrected chi connectivity index (χ0v) is 14.5. The number of benzene rings is 1. The number of aliphatic hydroxyl groups excluding tert-OH is 1. The number of rotatable bonds is 6. The molecule has 1 amide bonds. The minimum absolute atomic E-state index is 0.0640. The normalized spacial score (nSPS) is 12.1. The maximum Gasteiger partial charge on any atom is 0.253 e. The molecule has 5 heteroatoms. The van der Waals surface area contributed by atoms with Crippen molar-refractivity contribution in [1.82, 2.24) is 10.3 Å². The number of aliphatic hydroxyl groups is 1. The van der Waals surface area contributed by atoms with Gasteiger partial charge in [0, 0.05) is 12.2 Å². The number of pyridine rings is 1. The molecule has 0 saturated carbocycles. The van der Waals surface area contributed by atoms with E-state index in [-0.39, 0.29) is 18.6 Å². The van der Waals surface area contributed by atoms with Crippen molar-refractivity contribution in [3.63, 3.8) is 0 Å². The molecule has 128 valence electrons. The summed E-state index contributed by atoms with van der Waals surface area (Å²) in [7, 11) is 0. The van der Waals surface area contributed by atoms with Gasteiger partial charge in [0.05, 0.1) is 23.5 Å². The third-order valence-corrected chi connectivity index (χ3v) is 3.54. The summed E-state index contributed by atoms with van der Waals surface area (Å²) < 4.78 is 5.62. The van der Waals surface area contributed by atoms with Crippen molar-refractivity contribution in [2.45, 2.75) is 39.9 Å². The highest BCUT2D eigenvalue weighted by Crippen LogP contribution is 2.20. The van der Waals surface area contributed by atoms with E-state index in [1.165, 1.54) is 0 Å². The summed E-state index contributed by atoms with van der Waals surface area (Å²) in [5.74, 6) is 0.458. The summed E-state index contributed by atoms with van der Waals surface area (Å²) in [6, 6.07) is 10.8. The van der Waals surface area contributed by atoms with Crippen LogP contribution in [0.25, 0.3) is 0 Å². The number of hydrogen-bond donors (Lipinski definition) is 2. The smallest absolute Gasteiger partial charge is 0.253 e. The van der Waals surface area contributed by atoms with Gasteiger partial charge in [-0.1, -0.05) is 12.1 Å². The number of amides is 1. The highest BCUT2D eigenvalue weighted by Gasteiger charge is 2.14. The van der Waals surface area contributed by atoms with Crippen LogP contribution < -0.4 is 10.1 Å². The molecule has 0 spiro atoms. The Kier molecular flexibility index (Phi) is 5.93. The molecule has 0 fully saturated rings. The fraction of sp³-hybridized carbons (Fsp3) is 0.368. The van der Waals surface area contributed by atoms with E-state index in [9.17, 15) is 9.90 Å². The number of carbonyl (C=O) groups excluding carboxylic acids is 1. The second-order valence-electron chi connectivity index (χ2n) is 6.05. The van der Waals surface area contributed by atoms with Crippen LogP contribution in [-0.4, -0.2) is 28.6 Å². The first-order valence-electron chi connectivity index (χ1n) is 8.04. The fourth-order valence-corrected chi connectivity index (χ4v) is 2.40. The number of nitrogens with one attached hydrogen (secondary N) is 1. The van der Waals surface area contributed by atoms with E-state index in [4.69, 9.17) is 4.74 Å². The molecule has 0 bridgehead atoms. The van der Waals surface area contributed by atoms with Gasteiger partial charge in [-0.3, -0.25) is 9.78 Å². The Morgan fingerprint density at radius 1 is 1.25 bits per heavy atom. The van der Waals surface area contributed by atoms with Crippen LogP contribution in [0.15, 0.2) is 36.4 Å². The van der Waals surface area contributed by atoms with Crippen LogP contribution in [0.3, 0.4) is 0 Å². The number of carbonyl (C=O) groups is 1. The molecule has 2 aromatic rings. The molecule has 0 radical (unpaired) electrons. The predicted octanol–water partition coefficient (Wildman–Crippen LogP) is 2.95. The molecule has 0 aliphatic rings. The molecule has 0 aliphatic heterocycles. The zero-order chi connectivity index (χ0) is 17.7. The van der Waals surface area contributed by atoms with Crippen molar-refractivity contribution >= 4 is 5.91 Å². The maximum absolute atomic E-state index is 12.2. The summed E-state index contributed by atoms with van der Waals surface area (Å²) in [5.41, 5.74) is 2.76. The van der Waals surface area contributed by atoms with Crippen molar-refractivity contribution in [3.05, 3.63) is 58.9 Å². The summed E-state index contributed by atoms with van der Waals surface area (Å²) >= 11 is 0. The van der Waals surface area contributed by atoms with Crippen LogP contribution in [0.1, 0.15) is 47.3 Å². The Bertz CT molecular complexity index is 714. The monoisotopic (exact) mass is 328 g/mol. The molecule has 0 aliphatic carbocycles. The largest absolute Gasteiger partial charge is 0.491 e. The molecular formula is C19H24N2O3. The molecule has 2 N–H and O–H groups in total. The van der Waals surface area contributed by atoms with Gasteiger partial charge in [-0.2, -0.15) is 0 Å². The van der Waals surface area contributed by atoms with Crippen LogP contribution in [0, 0.1) is 13.8 Å². The van der Waals surface area contributed by atoms with Gasteiger partial charge in [-0.05, 0) is 57.5 Å². The lowest BCUT2D eigenvalue weighted by Gasteiger charge is -2.15. The van der Waals surface area contributed by atoms with Crippen LogP contribution in [0.4, 0.5) is 0 Å². The van der Waals surface area contributed by atoms with E-state index in [1.54, 1.807) is 25.1 Å². The highest BCUT2D eigenvalue weighted by atomic mass is 16.5. The number of hydrogen-bond acceptors (Lipinski definition) is 4. The lowest BCUT2D eigenvalue weighted by molar-refractivity contribution is 0.0915. The third kappa shape index (κ3) is 4.80. The molecule has 1 heterocycles. The number of aryl methyl sites for hydroxylation is 2. The lowest BCUT2D eigenvalue weighted by Crippen LogP contribution is -2.29. The van der Waals surface area contributed by atoms with Crippen molar-refractivity contribution < 1.29 is 14.6 Å². The zero-order valence-electron chi connectivity index (χ0n) is 14.5. The molecule has 1 aromatic heterocycles. The van der Waals surface area contributed by atoms with Crippen LogP contribution in [0.5, 0.6) is 5.75 Å². The summed E-state index contributed by atoms with van der Waals surface area (Å²) in [5, 5.41) is 13.1. The van der Waals surface area contributed by atoms with Crippen molar-refractivity contribution in [2.75, 3.05) is 6.54 Å². The van der Waals surface area contributed by atoms with E-state index in [1.807, 2.05) is 39.0 Å². The molecule has 1 unspecified atom stereocenters. The number of nitrogens with zero attached hydrogens (tertiary/aromatic N) is 1. The topological polar surface area (TPSA) is 71.5 Å². The maximum atomic E-state index is 12.2. The van der Waals surface area contributed by atoms with E-state index in [2.05, 4.69) is 10.3 Å². The average molecular weight is 328 g/mol. The first-order chi connectivity index (χ1) is 11.4. The lowest BCUT2D eigenvalue weighted by atomic mass is 10.1. The van der Waals surface area contributed by atoms with E-state index in [0.717, 1.165) is 5.69 Å². The van der Waals surface area contributed by atoms with Gasteiger partial charge in [-0.25, -0.2) is 0 Å². The minimum atomic E-state index is -0.802. The molecule has 24 heavy (non-hydrogen) atoms. The molecule has 1 atom stereocenters. The Balaban J connectivity index is 1.99. The van der Waals surface area contributed by atoms with E-state index >= 15 is 0 Å². The molecule has 5 nitrogen and oxygen atoms in total. The SMILES string of the molecule is Cc1ccc(C(=O)NCC(O)c2cccc(OC(C)C)c2)c(C)n1.